The van der Waals surface area contributed by atoms with Gasteiger partial charge in [0.1, 0.15) is 0 Å². The Kier molecular flexibility index (Phi) is 4.56. The van der Waals surface area contributed by atoms with E-state index >= 15 is 0 Å². The van der Waals surface area contributed by atoms with Crippen molar-refractivity contribution in [3.63, 3.8) is 0 Å². The van der Waals surface area contributed by atoms with Crippen LogP contribution in [0.2, 0.25) is 0 Å². The molecule has 0 aromatic heterocycles. The zero-order chi connectivity index (χ0) is 14.7. The van der Waals surface area contributed by atoms with Gasteiger partial charge in [0.2, 0.25) is 5.91 Å². The van der Waals surface area contributed by atoms with Gasteiger partial charge in [0, 0.05) is 38.8 Å². The summed E-state index contributed by atoms with van der Waals surface area (Å²) in [5.74, 6) is 0.466. The zero-order valence-electron chi connectivity index (χ0n) is 12.7. The summed E-state index contributed by atoms with van der Waals surface area (Å²) in [4.78, 5) is 17.3. The van der Waals surface area contributed by atoms with E-state index in [9.17, 15) is 4.79 Å². The first kappa shape index (κ1) is 14.5. The molecule has 21 heavy (non-hydrogen) atoms. The van der Waals surface area contributed by atoms with Crippen molar-refractivity contribution >= 4 is 5.91 Å². The molecule has 1 aromatic rings. The van der Waals surface area contributed by atoms with E-state index in [0.29, 0.717) is 5.91 Å². The van der Waals surface area contributed by atoms with Crippen LogP contribution in [0.5, 0.6) is 0 Å². The summed E-state index contributed by atoms with van der Waals surface area (Å²) in [7, 11) is 2.13. The van der Waals surface area contributed by atoms with Crippen LogP contribution in [-0.4, -0.2) is 55.6 Å². The molecule has 4 nitrogen and oxygen atoms in total. The number of carbonyl (C=O) groups is 1. The Morgan fingerprint density at radius 1 is 1.14 bits per heavy atom. The van der Waals surface area contributed by atoms with Gasteiger partial charge in [-0.1, -0.05) is 30.3 Å². The van der Waals surface area contributed by atoms with Gasteiger partial charge in [-0.05, 0) is 25.5 Å². The summed E-state index contributed by atoms with van der Waals surface area (Å²) < 4.78 is 5.39. The van der Waals surface area contributed by atoms with Crippen molar-refractivity contribution < 1.29 is 9.53 Å². The summed E-state index contributed by atoms with van der Waals surface area (Å²) in [5.41, 5.74) is 1.24. The number of nitrogens with zero attached hydrogens (tertiary/aromatic N) is 2. The van der Waals surface area contributed by atoms with Gasteiger partial charge in [-0.25, -0.2) is 0 Å². The number of ether oxygens (including phenoxy) is 1. The maximum Gasteiger partial charge on any atom is 0.226 e. The highest BCUT2D eigenvalue weighted by Crippen LogP contribution is 2.28. The quantitative estimate of drug-likeness (QED) is 0.833. The summed E-state index contributed by atoms with van der Waals surface area (Å²) in [6, 6.07) is 10.6. The SMILES string of the molecule is CN1CCN(C(=O)C2CCOCC2)C(c2ccccc2)C1. The van der Waals surface area contributed by atoms with Crippen molar-refractivity contribution in [1.82, 2.24) is 9.80 Å². The van der Waals surface area contributed by atoms with E-state index in [1.807, 2.05) is 6.07 Å². The van der Waals surface area contributed by atoms with Crippen molar-refractivity contribution in [2.45, 2.75) is 18.9 Å². The van der Waals surface area contributed by atoms with E-state index in [1.165, 1.54) is 5.56 Å². The standard InChI is InChI=1S/C17H24N2O2/c1-18-9-10-19(17(20)15-7-11-21-12-8-15)16(13-18)14-5-3-2-4-6-14/h2-6,15-16H,7-13H2,1H3. The van der Waals surface area contributed by atoms with Gasteiger partial charge in [-0.3, -0.25) is 4.79 Å². The van der Waals surface area contributed by atoms with Crippen molar-refractivity contribution in [3.8, 4) is 0 Å². The first-order valence-electron chi connectivity index (χ1n) is 7.87. The first-order chi connectivity index (χ1) is 10.3. The summed E-state index contributed by atoms with van der Waals surface area (Å²) in [6.45, 7) is 4.14. The number of likely N-dealkylation sites (N-methyl/N-ethyl adjacent to an activating group) is 1. The Morgan fingerprint density at radius 2 is 1.86 bits per heavy atom. The molecule has 2 heterocycles. The summed E-state index contributed by atoms with van der Waals surface area (Å²) in [5, 5.41) is 0. The van der Waals surface area contributed by atoms with Crippen LogP contribution in [0.1, 0.15) is 24.4 Å². The fourth-order valence-electron chi connectivity index (χ4n) is 3.32. The third-order valence-electron chi connectivity index (χ3n) is 4.62. The third kappa shape index (κ3) is 3.27. The Hall–Kier alpha value is -1.39. The molecule has 0 radical (unpaired) electrons. The van der Waals surface area contributed by atoms with Crippen LogP contribution >= 0.6 is 0 Å². The Morgan fingerprint density at radius 3 is 2.57 bits per heavy atom. The molecular weight excluding hydrogens is 264 g/mol. The fourth-order valence-corrected chi connectivity index (χ4v) is 3.32. The summed E-state index contributed by atoms with van der Waals surface area (Å²) in [6.07, 6.45) is 1.74. The lowest BCUT2D eigenvalue weighted by molar-refractivity contribution is -0.143. The number of hydrogen-bond acceptors (Lipinski definition) is 3. The minimum atomic E-state index is 0.147. The zero-order valence-corrected chi connectivity index (χ0v) is 12.7. The van der Waals surface area contributed by atoms with Crippen molar-refractivity contribution in [2.24, 2.45) is 5.92 Å². The van der Waals surface area contributed by atoms with E-state index < -0.39 is 0 Å². The van der Waals surface area contributed by atoms with Crippen molar-refractivity contribution in [2.75, 3.05) is 39.9 Å². The minimum Gasteiger partial charge on any atom is -0.381 e. The maximum atomic E-state index is 12.9. The first-order valence-corrected chi connectivity index (χ1v) is 7.87. The van der Waals surface area contributed by atoms with Crippen LogP contribution in [0.3, 0.4) is 0 Å². The monoisotopic (exact) mass is 288 g/mol. The van der Waals surface area contributed by atoms with Gasteiger partial charge in [0.25, 0.3) is 0 Å². The molecule has 1 atom stereocenters. The van der Waals surface area contributed by atoms with Crippen LogP contribution in [0.25, 0.3) is 0 Å². The predicted octanol–water partition coefficient (Wildman–Crippen LogP) is 1.93. The highest BCUT2D eigenvalue weighted by atomic mass is 16.5. The van der Waals surface area contributed by atoms with Crippen molar-refractivity contribution in [3.05, 3.63) is 35.9 Å². The summed E-state index contributed by atoms with van der Waals surface area (Å²) >= 11 is 0. The number of piperazine rings is 1. The molecule has 0 spiro atoms. The largest absolute Gasteiger partial charge is 0.381 e. The van der Waals surface area contributed by atoms with Gasteiger partial charge in [-0.2, -0.15) is 0 Å². The number of benzene rings is 1. The topological polar surface area (TPSA) is 32.8 Å². The molecule has 4 heteroatoms. The van der Waals surface area contributed by atoms with Crippen LogP contribution in [-0.2, 0) is 9.53 Å². The maximum absolute atomic E-state index is 12.9. The molecule has 0 bridgehead atoms. The van der Waals surface area contributed by atoms with E-state index in [-0.39, 0.29) is 12.0 Å². The van der Waals surface area contributed by atoms with E-state index in [1.54, 1.807) is 0 Å². The van der Waals surface area contributed by atoms with E-state index in [2.05, 4.69) is 41.1 Å². The highest BCUT2D eigenvalue weighted by molar-refractivity contribution is 5.79. The average molecular weight is 288 g/mol. The van der Waals surface area contributed by atoms with Crippen LogP contribution in [0, 0.1) is 5.92 Å². The molecule has 2 aliphatic rings. The number of amides is 1. The Labute approximate surface area is 126 Å². The second-order valence-electron chi connectivity index (χ2n) is 6.11. The molecule has 1 amide bonds. The third-order valence-corrected chi connectivity index (χ3v) is 4.62. The van der Waals surface area contributed by atoms with Crippen molar-refractivity contribution in [1.29, 1.82) is 0 Å². The molecule has 2 aliphatic heterocycles. The normalized spacial score (nSPS) is 25.0. The Bertz CT molecular complexity index is 471. The van der Waals surface area contributed by atoms with Crippen LogP contribution in [0.4, 0.5) is 0 Å². The molecule has 1 unspecified atom stereocenters. The molecule has 1 aromatic carbocycles. The molecule has 0 N–H and O–H groups in total. The number of hydrogen-bond donors (Lipinski definition) is 0. The molecule has 3 rings (SSSR count). The van der Waals surface area contributed by atoms with Crippen LogP contribution < -0.4 is 0 Å². The van der Waals surface area contributed by atoms with E-state index in [4.69, 9.17) is 4.74 Å². The second kappa shape index (κ2) is 6.58. The molecule has 0 saturated carbocycles. The van der Waals surface area contributed by atoms with Gasteiger partial charge < -0.3 is 14.5 Å². The number of carbonyl (C=O) groups excluding carboxylic acids is 1. The van der Waals surface area contributed by atoms with E-state index in [0.717, 1.165) is 45.7 Å². The van der Waals surface area contributed by atoms with Gasteiger partial charge in [-0.15, -0.1) is 0 Å². The lowest BCUT2D eigenvalue weighted by atomic mass is 9.95. The highest BCUT2D eigenvalue weighted by Gasteiger charge is 2.34. The smallest absolute Gasteiger partial charge is 0.226 e. The molecule has 0 aliphatic carbocycles. The molecule has 114 valence electrons. The Balaban J connectivity index is 1.79. The average Bonchev–Trinajstić information content (AvgIpc) is 2.56. The minimum absolute atomic E-state index is 0.147. The second-order valence-corrected chi connectivity index (χ2v) is 6.11. The van der Waals surface area contributed by atoms with Gasteiger partial charge in [0.05, 0.1) is 6.04 Å². The van der Waals surface area contributed by atoms with Gasteiger partial charge in [0.15, 0.2) is 0 Å². The lowest BCUT2D eigenvalue weighted by Crippen LogP contribution is -2.51. The molecule has 2 fully saturated rings. The predicted molar refractivity (Wildman–Crippen MR) is 81.9 cm³/mol. The lowest BCUT2D eigenvalue weighted by Gasteiger charge is -2.42. The fraction of sp³-hybridized carbons (Fsp3) is 0.588. The molecular formula is C17H24N2O2. The number of rotatable bonds is 2. The van der Waals surface area contributed by atoms with Crippen LogP contribution in [0.15, 0.2) is 30.3 Å². The molecule has 2 saturated heterocycles. The van der Waals surface area contributed by atoms with Gasteiger partial charge >= 0.3 is 0 Å².